The molecule has 0 aromatic carbocycles. The number of rotatable bonds is 5. The van der Waals surface area contributed by atoms with Crippen LogP contribution in [0.5, 0.6) is 0 Å². The zero-order valence-corrected chi connectivity index (χ0v) is 10.7. The lowest BCUT2D eigenvalue weighted by molar-refractivity contribution is -0.126. The molecule has 3 amide bonds. The molecule has 0 heterocycles. The second kappa shape index (κ2) is 6.32. The summed E-state index contributed by atoms with van der Waals surface area (Å²) in [6.07, 6.45) is 0. The topological polar surface area (TPSA) is 73.5 Å². The van der Waals surface area contributed by atoms with E-state index in [4.69, 9.17) is 0 Å². The Morgan fingerprint density at radius 1 is 1.12 bits per heavy atom. The highest BCUT2D eigenvalue weighted by molar-refractivity contribution is 5.85. The second-order valence-electron chi connectivity index (χ2n) is 4.26. The summed E-state index contributed by atoms with van der Waals surface area (Å²) in [6, 6.07) is -0.165. The molecule has 0 aliphatic rings. The molecule has 0 spiro atoms. The van der Waals surface area contributed by atoms with Gasteiger partial charge < -0.3 is 20.9 Å². The largest absolute Gasteiger partial charge is 0.353 e. The van der Waals surface area contributed by atoms with Crippen molar-refractivity contribution in [2.75, 3.05) is 34.2 Å². The number of urea groups is 1. The monoisotopic (exact) mass is 230 g/mol. The number of hydrogen-bond donors (Lipinski definition) is 3. The standard InChI is InChI=1S/C10H22N4O2/c1-10(2,11-3)8(15)12-6-7-13-9(16)14(4)5/h11H,6-7H2,1-5H3,(H,12,15)(H,13,16). The molecule has 0 aromatic heterocycles. The van der Waals surface area contributed by atoms with E-state index in [9.17, 15) is 9.59 Å². The van der Waals surface area contributed by atoms with E-state index in [2.05, 4.69) is 16.0 Å². The minimum absolute atomic E-state index is 0.0888. The Morgan fingerprint density at radius 2 is 1.62 bits per heavy atom. The van der Waals surface area contributed by atoms with Crippen molar-refractivity contribution in [2.24, 2.45) is 0 Å². The van der Waals surface area contributed by atoms with Crippen LogP contribution in [0.1, 0.15) is 13.8 Å². The van der Waals surface area contributed by atoms with Crippen molar-refractivity contribution < 1.29 is 9.59 Å². The van der Waals surface area contributed by atoms with Crippen LogP contribution in [0.15, 0.2) is 0 Å². The van der Waals surface area contributed by atoms with Gasteiger partial charge in [0, 0.05) is 27.2 Å². The number of nitrogens with zero attached hydrogens (tertiary/aromatic N) is 1. The molecule has 94 valence electrons. The Bertz CT molecular complexity index is 251. The molecule has 0 fully saturated rings. The van der Waals surface area contributed by atoms with Crippen molar-refractivity contribution in [3.8, 4) is 0 Å². The maximum Gasteiger partial charge on any atom is 0.316 e. The fourth-order valence-corrected chi connectivity index (χ4v) is 0.838. The number of carbonyl (C=O) groups excluding carboxylic acids is 2. The van der Waals surface area contributed by atoms with E-state index in [-0.39, 0.29) is 11.9 Å². The van der Waals surface area contributed by atoms with Crippen LogP contribution in [-0.4, -0.2) is 56.6 Å². The molecule has 0 rings (SSSR count). The molecule has 3 N–H and O–H groups in total. The second-order valence-corrected chi connectivity index (χ2v) is 4.26. The van der Waals surface area contributed by atoms with Crippen molar-refractivity contribution in [1.82, 2.24) is 20.9 Å². The van der Waals surface area contributed by atoms with Gasteiger partial charge in [-0.2, -0.15) is 0 Å². The lowest BCUT2D eigenvalue weighted by atomic mass is 10.1. The van der Waals surface area contributed by atoms with E-state index in [0.29, 0.717) is 13.1 Å². The summed E-state index contributed by atoms with van der Waals surface area (Å²) in [7, 11) is 5.06. The van der Waals surface area contributed by atoms with Gasteiger partial charge in [-0.15, -0.1) is 0 Å². The van der Waals surface area contributed by atoms with Gasteiger partial charge in [0.15, 0.2) is 0 Å². The van der Waals surface area contributed by atoms with Crippen LogP contribution < -0.4 is 16.0 Å². The first-order chi connectivity index (χ1) is 7.31. The molecule has 6 heteroatoms. The Morgan fingerprint density at radius 3 is 2.06 bits per heavy atom. The van der Waals surface area contributed by atoms with E-state index in [1.807, 2.05) is 0 Å². The van der Waals surface area contributed by atoms with E-state index < -0.39 is 5.54 Å². The summed E-state index contributed by atoms with van der Waals surface area (Å²) >= 11 is 0. The molecule has 0 unspecified atom stereocenters. The normalized spacial score (nSPS) is 10.8. The summed E-state index contributed by atoms with van der Waals surface area (Å²) < 4.78 is 0. The van der Waals surface area contributed by atoms with Gasteiger partial charge in [0.25, 0.3) is 0 Å². The first-order valence-corrected chi connectivity index (χ1v) is 5.23. The van der Waals surface area contributed by atoms with Crippen molar-refractivity contribution in [3.05, 3.63) is 0 Å². The van der Waals surface area contributed by atoms with E-state index in [0.717, 1.165) is 0 Å². The zero-order chi connectivity index (χ0) is 12.8. The Labute approximate surface area is 96.8 Å². The Kier molecular flexibility index (Phi) is 5.81. The average molecular weight is 230 g/mol. The summed E-state index contributed by atoms with van der Waals surface area (Å²) in [5.41, 5.74) is -0.592. The number of hydrogen-bond acceptors (Lipinski definition) is 3. The van der Waals surface area contributed by atoms with Gasteiger partial charge in [0.2, 0.25) is 5.91 Å². The molecule has 0 aliphatic heterocycles. The molecule has 0 radical (unpaired) electrons. The van der Waals surface area contributed by atoms with Gasteiger partial charge in [0.1, 0.15) is 0 Å². The van der Waals surface area contributed by atoms with Gasteiger partial charge >= 0.3 is 6.03 Å². The van der Waals surface area contributed by atoms with E-state index >= 15 is 0 Å². The van der Waals surface area contributed by atoms with E-state index in [1.165, 1.54) is 4.90 Å². The van der Waals surface area contributed by atoms with Crippen LogP contribution in [0.3, 0.4) is 0 Å². The third kappa shape index (κ3) is 4.97. The highest BCUT2D eigenvalue weighted by Crippen LogP contribution is 1.99. The fraction of sp³-hybridized carbons (Fsp3) is 0.800. The van der Waals surface area contributed by atoms with Gasteiger partial charge in [-0.05, 0) is 20.9 Å². The third-order valence-electron chi connectivity index (χ3n) is 2.29. The molecule has 0 atom stereocenters. The lowest BCUT2D eigenvalue weighted by Crippen LogP contribution is -2.52. The highest BCUT2D eigenvalue weighted by atomic mass is 16.2. The fourth-order valence-electron chi connectivity index (χ4n) is 0.838. The van der Waals surface area contributed by atoms with Crippen LogP contribution in [0, 0.1) is 0 Å². The smallest absolute Gasteiger partial charge is 0.316 e. The lowest BCUT2D eigenvalue weighted by Gasteiger charge is -2.22. The molecule has 0 bridgehead atoms. The SMILES string of the molecule is CNC(C)(C)C(=O)NCCNC(=O)N(C)C. The summed E-state index contributed by atoms with van der Waals surface area (Å²) in [5, 5.41) is 8.29. The molecule has 0 saturated carbocycles. The molecule has 0 aromatic rings. The van der Waals surface area contributed by atoms with E-state index in [1.54, 1.807) is 35.0 Å². The van der Waals surface area contributed by atoms with Gasteiger partial charge in [0.05, 0.1) is 5.54 Å². The maximum atomic E-state index is 11.6. The Balaban J connectivity index is 3.76. The van der Waals surface area contributed by atoms with Crippen LogP contribution in [-0.2, 0) is 4.79 Å². The third-order valence-corrected chi connectivity index (χ3v) is 2.29. The summed E-state index contributed by atoms with van der Waals surface area (Å²) in [6.45, 7) is 4.42. The van der Waals surface area contributed by atoms with Crippen molar-refractivity contribution in [2.45, 2.75) is 19.4 Å². The number of amides is 3. The van der Waals surface area contributed by atoms with Crippen molar-refractivity contribution in [1.29, 1.82) is 0 Å². The molecule has 6 nitrogen and oxygen atoms in total. The van der Waals surface area contributed by atoms with Crippen LogP contribution >= 0.6 is 0 Å². The maximum absolute atomic E-state index is 11.6. The quantitative estimate of drug-likeness (QED) is 0.551. The van der Waals surface area contributed by atoms with Gasteiger partial charge in [-0.1, -0.05) is 0 Å². The highest BCUT2D eigenvalue weighted by Gasteiger charge is 2.24. The van der Waals surface area contributed by atoms with Crippen LogP contribution in [0.4, 0.5) is 4.79 Å². The molecule has 16 heavy (non-hydrogen) atoms. The molecular weight excluding hydrogens is 208 g/mol. The number of likely N-dealkylation sites (N-methyl/N-ethyl adjacent to an activating group) is 1. The van der Waals surface area contributed by atoms with Gasteiger partial charge in [-0.3, -0.25) is 4.79 Å². The minimum Gasteiger partial charge on any atom is -0.353 e. The number of carbonyl (C=O) groups is 2. The predicted octanol–water partition coefficient (Wildman–Crippen LogP) is -0.628. The molecule has 0 aliphatic carbocycles. The van der Waals surface area contributed by atoms with Crippen LogP contribution in [0.25, 0.3) is 0 Å². The minimum atomic E-state index is -0.592. The number of nitrogens with one attached hydrogen (secondary N) is 3. The van der Waals surface area contributed by atoms with Crippen molar-refractivity contribution >= 4 is 11.9 Å². The van der Waals surface area contributed by atoms with Crippen molar-refractivity contribution in [3.63, 3.8) is 0 Å². The molecular formula is C10H22N4O2. The summed E-state index contributed by atoms with van der Waals surface area (Å²) in [4.78, 5) is 24.2. The molecule has 0 saturated heterocycles. The Hall–Kier alpha value is -1.30. The summed E-state index contributed by atoms with van der Waals surface area (Å²) in [5.74, 6) is -0.0888. The first kappa shape index (κ1) is 14.7. The van der Waals surface area contributed by atoms with Gasteiger partial charge in [-0.25, -0.2) is 4.79 Å². The average Bonchev–Trinajstić information content (AvgIpc) is 2.23. The first-order valence-electron chi connectivity index (χ1n) is 5.23. The predicted molar refractivity (Wildman–Crippen MR) is 63.2 cm³/mol. The van der Waals surface area contributed by atoms with Crippen LogP contribution in [0.2, 0.25) is 0 Å². The zero-order valence-electron chi connectivity index (χ0n) is 10.7.